The van der Waals surface area contributed by atoms with E-state index in [4.69, 9.17) is 13.8 Å². The predicted octanol–water partition coefficient (Wildman–Crippen LogP) is 9.50. The van der Waals surface area contributed by atoms with Crippen molar-refractivity contribution in [2.24, 2.45) is 0 Å². The third-order valence-corrected chi connectivity index (χ3v) is 7.09. The van der Waals surface area contributed by atoms with Gasteiger partial charge in [-0.1, -0.05) is 72.8 Å². The molecule has 6 aromatic carbocycles. The van der Waals surface area contributed by atoms with Gasteiger partial charge < -0.3 is 8.83 Å². The Hall–Kier alpha value is -5.09. The summed E-state index contributed by atoms with van der Waals surface area (Å²) < 4.78 is 12.6. The highest BCUT2D eigenvalue weighted by atomic mass is 16.4. The van der Waals surface area contributed by atoms with Crippen LogP contribution in [0.3, 0.4) is 0 Å². The Morgan fingerprint density at radius 3 is 2.16 bits per heavy atom. The molecule has 0 spiro atoms. The number of hydrogen-bond acceptors (Lipinski definition) is 4. The van der Waals surface area contributed by atoms with Crippen LogP contribution in [0.15, 0.2) is 130 Å². The number of aromatic nitrogens is 1. The number of rotatable bonds is 3. The molecule has 0 saturated heterocycles. The molecule has 0 fully saturated rings. The van der Waals surface area contributed by atoms with Crippen LogP contribution in [0.1, 0.15) is 0 Å². The first kappa shape index (κ1) is 20.1. The molecule has 0 radical (unpaired) electrons. The molecule has 174 valence electrons. The van der Waals surface area contributed by atoms with E-state index in [-0.39, 0.29) is 0 Å². The van der Waals surface area contributed by atoms with Crippen molar-refractivity contribution in [2.45, 2.75) is 0 Å². The van der Waals surface area contributed by atoms with Crippen LogP contribution in [0.5, 0.6) is 0 Å². The summed E-state index contributed by atoms with van der Waals surface area (Å²) in [4.78, 5) is 7.03. The van der Waals surface area contributed by atoms with Crippen molar-refractivity contribution in [1.29, 1.82) is 0 Å². The van der Waals surface area contributed by atoms with Gasteiger partial charge in [0.15, 0.2) is 5.58 Å². The minimum Gasteiger partial charge on any atom is -0.456 e. The number of para-hydroxylation sites is 2. The summed E-state index contributed by atoms with van der Waals surface area (Å²) >= 11 is 0. The standard InChI is InChI=1S/C33H20N2O2/c1-2-9-22(10-3-1)35(23-15-19-31-28(20-23)26-12-6-7-13-30(26)36-31)33-34-29-18-17-25-24-11-5-4-8-21(24)14-16-27(25)32(29)37-33/h1-20H. The zero-order valence-electron chi connectivity index (χ0n) is 19.8. The molecule has 0 bridgehead atoms. The molecule has 0 N–H and O–H groups in total. The summed E-state index contributed by atoms with van der Waals surface area (Å²) in [5.41, 5.74) is 5.26. The van der Waals surface area contributed by atoms with Gasteiger partial charge in [0, 0.05) is 16.2 Å². The van der Waals surface area contributed by atoms with Crippen LogP contribution in [0, 0.1) is 0 Å². The predicted molar refractivity (Wildman–Crippen MR) is 151 cm³/mol. The highest BCUT2D eigenvalue weighted by Gasteiger charge is 2.21. The number of fused-ring (bicyclic) bond motifs is 8. The van der Waals surface area contributed by atoms with Gasteiger partial charge in [-0.15, -0.1) is 0 Å². The molecule has 2 aromatic heterocycles. The maximum Gasteiger partial charge on any atom is 0.307 e. The van der Waals surface area contributed by atoms with Crippen molar-refractivity contribution in [1.82, 2.24) is 4.98 Å². The van der Waals surface area contributed by atoms with Gasteiger partial charge in [0.1, 0.15) is 16.7 Å². The van der Waals surface area contributed by atoms with E-state index in [1.807, 2.05) is 48.5 Å². The van der Waals surface area contributed by atoms with Crippen LogP contribution < -0.4 is 4.90 Å². The van der Waals surface area contributed by atoms with Crippen LogP contribution >= 0.6 is 0 Å². The molecule has 37 heavy (non-hydrogen) atoms. The molecular weight excluding hydrogens is 456 g/mol. The van der Waals surface area contributed by atoms with Gasteiger partial charge in [0.2, 0.25) is 0 Å². The number of furan rings is 1. The molecule has 0 aliphatic carbocycles. The molecule has 8 aromatic rings. The highest BCUT2D eigenvalue weighted by Crippen LogP contribution is 2.40. The van der Waals surface area contributed by atoms with Crippen LogP contribution in [0.4, 0.5) is 17.4 Å². The van der Waals surface area contributed by atoms with E-state index >= 15 is 0 Å². The van der Waals surface area contributed by atoms with E-state index in [1.165, 1.54) is 10.8 Å². The Balaban J connectivity index is 1.37. The van der Waals surface area contributed by atoms with Gasteiger partial charge in [-0.3, -0.25) is 4.90 Å². The monoisotopic (exact) mass is 476 g/mol. The minimum absolute atomic E-state index is 0.522. The molecule has 0 aliphatic heterocycles. The SMILES string of the molecule is c1ccc(N(c2ccc3oc4ccccc4c3c2)c2nc3ccc4c5ccccc5ccc4c3o2)cc1. The van der Waals surface area contributed by atoms with Crippen molar-refractivity contribution in [2.75, 3.05) is 4.90 Å². The fourth-order valence-corrected chi connectivity index (χ4v) is 5.36. The largest absolute Gasteiger partial charge is 0.456 e. The second kappa shape index (κ2) is 7.70. The number of nitrogens with zero attached hydrogens (tertiary/aromatic N) is 2. The summed E-state index contributed by atoms with van der Waals surface area (Å²) in [5, 5.41) is 6.77. The summed E-state index contributed by atoms with van der Waals surface area (Å²) in [6.07, 6.45) is 0. The maximum absolute atomic E-state index is 6.57. The third kappa shape index (κ3) is 3.06. The molecule has 4 nitrogen and oxygen atoms in total. The van der Waals surface area contributed by atoms with E-state index in [0.717, 1.165) is 55.2 Å². The Morgan fingerprint density at radius 2 is 1.24 bits per heavy atom. The van der Waals surface area contributed by atoms with Crippen molar-refractivity contribution in [3.63, 3.8) is 0 Å². The van der Waals surface area contributed by atoms with E-state index < -0.39 is 0 Å². The maximum atomic E-state index is 6.57. The molecule has 0 unspecified atom stereocenters. The molecule has 0 saturated carbocycles. The summed E-state index contributed by atoms with van der Waals surface area (Å²) in [7, 11) is 0. The van der Waals surface area contributed by atoms with Crippen LogP contribution in [0.25, 0.3) is 54.6 Å². The molecule has 0 atom stereocenters. The fraction of sp³-hybridized carbons (Fsp3) is 0. The first-order chi connectivity index (χ1) is 18.3. The van der Waals surface area contributed by atoms with E-state index in [1.54, 1.807) is 0 Å². The lowest BCUT2D eigenvalue weighted by atomic mass is 10.0. The summed E-state index contributed by atoms with van der Waals surface area (Å²) in [6, 6.07) is 42.0. The minimum atomic E-state index is 0.522. The topological polar surface area (TPSA) is 42.4 Å². The Morgan fingerprint density at radius 1 is 0.486 bits per heavy atom. The first-order valence-corrected chi connectivity index (χ1v) is 12.3. The molecule has 2 heterocycles. The van der Waals surface area contributed by atoms with Crippen LogP contribution in [0.2, 0.25) is 0 Å². The smallest absolute Gasteiger partial charge is 0.307 e. The normalized spacial score (nSPS) is 11.8. The third-order valence-electron chi connectivity index (χ3n) is 7.09. The Labute approximate surface area is 212 Å². The molecular formula is C33H20N2O2. The van der Waals surface area contributed by atoms with Gasteiger partial charge in [0.05, 0.1) is 11.4 Å². The number of oxazole rings is 1. The lowest BCUT2D eigenvalue weighted by molar-refractivity contribution is 0.611. The van der Waals surface area contributed by atoms with Gasteiger partial charge in [-0.25, -0.2) is 0 Å². The second-order valence-electron chi connectivity index (χ2n) is 9.24. The molecule has 8 rings (SSSR count). The number of anilines is 3. The number of hydrogen-bond donors (Lipinski definition) is 0. The van der Waals surface area contributed by atoms with E-state index in [9.17, 15) is 0 Å². The highest BCUT2D eigenvalue weighted by molar-refractivity contribution is 6.15. The number of benzene rings is 6. The van der Waals surface area contributed by atoms with E-state index in [2.05, 4.69) is 77.7 Å². The van der Waals surface area contributed by atoms with Gasteiger partial charge in [-0.2, -0.15) is 4.98 Å². The summed E-state index contributed by atoms with van der Waals surface area (Å²) in [5.74, 6) is 0. The van der Waals surface area contributed by atoms with Gasteiger partial charge in [0.25, 0.3) is 0 Å². The second-order valence-corrected chi connectivity index (χ2v) is 9.24. The fourth-order valence-electron chi connectivity index (χ4n) is 5.36. The first-order valence-electron chi connectivity index (χ1n) is 12.3. The van der Waals surface area contributed by atoms with Crippen molar-refractivity contribution >= 4 is 72.0 Å². The van der Waals surface area contributed by atoms with Crippen molar-refractivity contribution < 1.29 is 8.83 Å². The van der Waals surface area contributed by atoms with Gasteiger partial charge in [-0.05, 0) is 64.7 Å². The molecule has 0 amide bonds. The summed E-state index contributed by atoms with van der Waals surface area (Å²) in [6.45, 7) is 0. The zero-order chi connectivity index (χ0) is 24.3. The Bertz CT molecular complexity index is 2100. The lowest BCUT2D eigenvalue weighted by Gasteiger charge is -2.21. The average molecular weight is 477 g/mol. The van der Waals surface area contributed by atoms with Crippen LogP contribution in [-0.2, 0) is 0 Å². The van der Waals surface area contributed by atoms with E-state index in [0.29, 0.717) is 6.01 Å². The molecule has 0 aliphatic rings. The van der Waals surface area contributed by atoms with Gasteiger partial charge >= 0.3 is 6.01 Å². The molecule has 4 heteroatoms. The van der Waals surface area contributed by atoms with Crippen molar-refractivity contribution in [3.05, 3.63) is 121 Å². The average Bonchev–Trinajstić information content (AvgIpc) is 3.55. The lowest BCUT2D eigenvalue weighted by Crippen LogP contribution is -2.09. The quantitative estimate of drug-likeness (QED) is 0.238. The zero-order valence-corrected chi connectivity index (χ0v) is 19.8. The van der Waals surface area contributed by atoms with Crippen molar-refractivity contribution in [3.8, 4) is 0 Å². The Kier molecular flexibility index (Phi) is 4.19. The van der Waals surface area contributed by atoms with Crippen LogP contribution in [-0.4, -0.2) is 4.98 Å².